The van der Waals surface area contributed by atoms with Crippen LogP contribution in [-0.4, -0.2) is 78.6 Å². The van der Waals surface area contributed by atoms with Gasteiger partial charge in [0.05, 0.1) is 28.9 Å². The van der Waals surface area contributed by atoms with Crippen molar-refractivity contribution in [2.45, 2.75) is 44.6 Å². The number of benzene rings is 2. The third-order valence-electron chi connectivity index (χ3n) is 8.97. The number of carbonyl (C=O) groups excluding carboxylic acids is 1. The summed E-state index contributed by atoms with van der Waals surface area (Å²) in [6.07, 6.45) is 8.29. The minimum absolute atomic E-state index is 0.0710. The van der Waals surface area contributed by atoms with Gasteiger partial charge in [0, 0.05) is 56.3 Å². The number of piperazine rings is 1. The Morgan fingerprint density at radius 2 is 1.80 bits per heavy atom. The maximum atomic E-state index is 13.4. The summed E-state index contributed by atoms with van der Waals surface area (Å²) in [5, 5.41) is 15.2. The zero-order valence-electron chi connectivity index (χ0n) is 23.5. The molecule has 8 heteroatoms. The summed E-state index contributed by atoms with van der Waals surface area (Å²) in [6.45, 7) is 5.87. The SMILES string of the molecule is COc1cc(-c2ccc3ncc(C(=O)C4CC4)c(NC4CCC(CN5CCN(C)CC5)CC4)c3c2)cc(Cl)c1O. The quantitative estimate of drug-likeness (QED) is 0.322. The van der Waals surface area contributed by atoms with Crippen LogP contribution in [0.3, 0.4) is 0 Å². The molecule has 0 amide bonds. The second-order valence-electron chi connectivity index (χ2n) is 11.9. The third-order valence-corrected chi connectivity index (χ3v) is 9.26. The minimum atomic E-state index is -0.0710. The van der Waals surface area contributed by atoms with Crippen molar-refractivity contribution in [2.24, 2.45) is 11.8 Å². The van der Waals surface area contributed by atoms with Gasteiger partial charge in [0.15, 0.2) is 17.3 Å². The minimum Gasteiger partial charge on any atom is -0.503 e. The summed E-state index contributed by atoms with van der Waals surface area (Å²) < 4.78 is 5.34. The van der Waals surface area contributed by atoms with Crippen LogP contribution >= 0.6 is 11.6 Å². The Bertz CT molecular complexity index is 1390. The van der Waals surface area contributed by atoms with Crippen molar-refractivity contribution >= 4 is 34.0 Å². The number of aromatic hydroxyl groups is 1. The van der Waals surface area contributed by atoms with Crippen molar-refractivity contribution in [1.82, 2.24) is 14.8 Å². The van der Waals surface area contributed by atoms with Crippen molar-refractivity contribution in [1.29, 1.82) is 0 Å². The van der Waals surface area contributed by atoms with Gasteiger partial charge in [0.2, 0.25) is 0 Å². The Balaban J connectivity index is 1.27. The number of carbonyl (C=O) groups is 1. The van der Waals surface area contributed by atoms with Crippen molar-refractivity contribution in [3.63, 3.8) is 0 Å². The number of ether oxygens (including phenoxy) is 1. The van der Waals surface area contributed by atoms with Crippen LogP contribution in [0.4, 0.5) is 5.69 Å². The summed E-state index contributed by atoms with van der Waals surface area (Å²) in [5.74, 6) is 1.30. The molecule has 2 saturated carbocycles. The molecule has 2 aromatic carbocycles. The topological polar surface area (TPSA) is 77.9 Å². The van der Waals surface area contributed by atoms with Crippen LogP contribution in [0.5, 0.6) is 11.5 Å². The Hall–Kier alpha value is -2.87. The monoisotopic (exact) mass is 562 g/mol. The molecule has 3 aromatic rings. The van der Waals surface area contributed by atoms with E-state index in [1.807, 2.05) is 12.1 Å². The lowest BCUT2D eigenvalue weighted by atomic mass is 9.85. The molecule has 0 atom stereocenters. The number of aromatic nitrogens is 1. The van der Waals surface area contributed by atoms with Crippen molar-refractivity contribution in [2.75, 3.05) is 52.2 Å². The van der Waals surface area contributed by atoms with Gasteiger partial charge < -0.3 is 25.0 Å². The van der Waals surface area contributed by atoms with Crippen LogP contribution in [-0.2, 0) is 0 Å². The summed E-state index contributed by atoms with van der Waals surface area (Å²) in [7, 11) is 3.72. The Morgan fingerprint density at radius 3 is 2.50 bits per heavy atom. The summed E-state index contributed by atoms with van der Waals surface area (Å²) in [6, 6.07) is 9.91. The van der Waals surface area contributed by atoms with Gasteiger partial charge in [-0.05, 0) is 86.9 Å². The van der Waals surface area contributed by atoms with Gasteiger partial charge in [-0.2, -0.15) is 0 Å². The number of methoxy groups -OCH3 is 1. The number of anilines is 1. The van der Waals surface area contributed by atoms with E-state index in [-0.39, 0.29) is 22.5 Å². The van der Waals surface area contributed by atoms with E-state index in [2.05, 4.69) is 33.2 Å². The van der Waals surface area contributed by atoms with Crippen LogP contribution in [0, 0.1) is 11.8 Å². The number of nitrogens with zero attached hydrogens (tertiary/aromatic N) is 3. The number of fused-ring (bicyclic) bond motifs is 1. The highest BCUT2D eigenvalue weighted by atomic mass is 35.5. The van der Waals surface area contributed by atoms with Crippen LogP contribution < -0.4 is 10.1 Å². The maximum absolute atomic E-state index is 13.4. The lowest BCUT2D eigenvalue weighted by Gasteiger charge is -2.37. The van der Waals surface area contributed by atoms with Crippen LogP contribution in [0.2, 0.25) is 5.02 Å². The van der Waals surface area contributed by atoms with E-state index < -0.39 is 0 Å². The fourth-order valence-electron chi connectivity index (χ4n) is 6.27. The molecule has 3 aliphatic rings. The smallest absolute Gasteiger partial charge is 0.176 e. The highest BCUT2D eigenvalue weighted by Crippen LogP contribution is 2.41. The summed E-state index contributed by atoms with van der Waals surface area (Å²) in [4.78, 5) is 23.1. The molecule has 0 unspecified atom stereocenters. The summed E-state index contributed by atoms with van der Waals surface area (Å²) in [5.41, 5.74) is 4.20. The van der Waals surface area contributed by atoms with Gasteiger partial charge in [-0.15, -0.1) is 0 Å². The first-order valence-electron chi connectivity index (χ1n) is 14.6. The first-order chi connectivity index (χ1) is 19.4. The summed E-state index contributed by atoms with van der Waals surface area (Å²) >= 11 is 6.31. The third kappa shape index (κ3) is 5.78. The average molecular weight is 563 g/mol. The number of pyridine rings is 1. The molecule has 2 N–H and O–H groups in total. The number of nitrogens with one attached hydrogen (secondary N) is 1. The van der Waals surface area contributed by atoms with Crippen molar-refractivity contribution in [3.8, 4) is 22.6 Å². The first-order valence-corrected chi connectivity index (χ1v) is 15.0. The predicted octanol–water partition coefficient (Wildman–Crippen LogP) is 6.08. The van der Waals surface area contributed by atoms with Crippen LogP contribution in [0.15, 0.2) is 36.5 Å². The standard InChI is InChI=1S/C32H39ClN4O3/c1-36-11-13-37(14-12-36)19-20-3-8-24(9-4-20)35-30-25-15-22(23-16-27(33)32(39)29(17-23)40-2)7-10-28(25)34-18-26(30)31(38)21-5-6-21/h7,10,15-18,20-21,24,39H,3-6,8-9,11-14,19H2,1-2H3,(H,34,35). The van der Waals surface area contributed by atoms with Crippen molar-refractivity contribution < 1.29 is 14.6 Å². The Labute approximate surface area is 241 Å². The van der Waals surface area contributed by atoms with E-state index in [9.17, 15) is 9.90 Å². The van der Waals surface area contributed by atoms with Gasteiger partial charge in [-0.1, -0.05) is 17.7 Å². The highest BCUT2D eigenvalue weighted by Gasteiger charge is 2.33. The molecule has 1 aromatic heterocycles. The zero-order chi connectivity index (χ0) is 27.8. The molecule has 40 heavy (non-hydrogen) atoms. The van der Waals surface area contributed by atoms with Crippen LogP contribution in [0.1, 0.15) is 48.9 Å². The fraction of sp³-hybridized carbons (Fsp3) is 0.500. The number of halogens is 1. The van der Waals surface area contributed by atoms with Crippen LogP contribution in [0.25, 0.3) is 22.0 Å². The largest absolute Gasteiger partial charge is 0.503 e. The molecule has 212 valence electrons. The maximum Gasteiger partial charge on any atom is 0.176 e. The number of likely N-dealkylation sites (N-methyl/N-ethyl adjacent to an activating group) is 1. The predicted molar refractivity (Wildman–Crippen MR) is 161 cm³/mol. The molecular weight excluding hydrogens is 524 g/mol. The molecule has 1 aliphatic heterocycles. The molecule has 3 fully saturated rings. The van der Waals surface area contributed by atoms with Gasteiger partial charge in [-0.3, -0.25) is 9.78 Å². The van der Waals surface area contributed by atoms with E-state index in [4.69, 9.17) is 16.3 Å². The van der Waals surface area contributed by atoms with E-state index in [1.54, 1.807) is 18.3 Å². The first kappa shape index (κ1) is 27.3. The molecule has 1 saturated heterocycles. The van der Waals surface area contributed by atoms with Crippen molar-refractivity contribution in [3.05, 3.63) is 47.1 Å². The number of Topliss-reactive ketones (excluding diaryl/α,β-unsaturated/α-hetero) is 1. The number of ketones is 1. The number of rotatable bonds is 8. The molecule has 2 heterocycles. The molecule has 2 aliphatic carbocycles. The number of phenolic OH excluding ortho intramolecular Hbond substituents is 1. The van der Waals surface area contributed by atoms with E-state index in [0.29, 0.717) is 17.4 Å². The molecule has 0 spiro atoms. The highest BCUT2D eigenvalue weighted by molar-refractivity contribution is 6.32. The fourth-order valence-corrected chi connectivity index (χ4v) is 6.48. The van der Waals surface area contributed by atoms with Gasteiger partial charge in [-0.25, -0.2) is 0 Å². The second-order valence-corrected chi connectivity index (χ2v) is 12.3. The molecular formula is C32H39ClN4O3. The normalized spacial score (nSPS) is 22.4. The molecule has 0 bridgehead atoms. The van der Waals surface area contributed by atoms with E-state index in [1.165, 1.54) is 39.6 Å². The lowest BCUT2D eigenvalue weighted by Crippen LogP contribution is -2.46. The van der Waals surface area contributed by atoms with Gasteiger partial charge in [0.1, 0.15) is 0 Å². The lowest BCUT2D eigenvalue weighted by molar-refractivity contribution is 0.0968. The average Bonchev–Trinajstić information content (AvgIpc) is 3.82. The molecule has 0 radical (unpaired) electrons. The number of hydrogen-bond acceptors (Lipinski definition) is 7. The zero-order valence-corrected chi connectivity index (χ0v) is 24.2. The van der Waals surface area contributed by atoms with E-state index in [0.717, 1.165) is 72.4 Å². The molecule has 7 nitrogen and oxygen atoms in total. The Kier molecular flexibility index (Phi) is 7.89. The number of phenols is 1. The Morgan fingerprint density at radius 1 is 1.05 bits per heavy atom. The molecule has 6 rings (SSSR count). The second kappa shape index (κ2) is 11.6. The number of hydrogen-bond donors (Lipinski definition) is 2. The van der Waals surface area contributed by atoms with E-state index >= 15 is 0 Å². The van der Waals surface area contributed by atoms with Gasteiger partial charge >= 0.3 is 0 Å². The van der Waals surface area contributed by atoms with Gasteiger partial charge in [0.25, 0.3) is 0 Å².